The molecular formula is C16H20ClN3O. The fraction of sp³-hybridized carbons (Fsp3) is 0.438. The number of rotatable bonds is 4. The van der Waals surface area contributed by atoms with Crippen LogP contribution in [0.1, 0.15) is 19.3 Å². The Morgan fingerprint density at radius 1 is 1.10 bits per heavy atom. The van der Waals surface area contributed by atoms with E-state index in [0.29, 0.717) is 11.7 Å². The van der Waals surface area contributed by atoms with Crippen molar-refractivity contribution in [3.63, 3.8) is 0 Å². The maximum atomic E-state index is 9.41. The zero-order chi connectivity index (χ0) is 14.7. The molecule has 0 bridgehead atoms. The van der Waals surface area contributed by atoms with Crippen molar-refractivity contribution in [1.29, 1.82) is 0 Å². The smallest absolute Gasteiger partial charge is 0.172 e. The molecular weight excluding hydrogens is 286 g/mol. The third kappa shape index (κ3) is 2.92. The number of nitrogens with zero attached hydrogens (tertiary/aromatic N) is 3. The Morgan fingerprint density at radius 2 is 1.81 bits per heavy atom. The predicted molar refractivity (Wildman–Crippen MR) is 85.8 cm³/mol. The number of hydrogen-bond donors (Lipinski definition) is 1. The Labute approximate surface area is 130 Å². The van der Waals surface area contributed by atoms with Crippen LogP contribution < -0.4 is 4.90 Å². The maximum Gasteiger partial charge on any atom is 0.172 e. The average molecular weight is 306 g/mol. The molecule has 0 amide bonds. The van der Waals surface area contributed by atoms with E-state index in [4.69, 9.17) is 11.6 Å². The first-order chi connectivity index (χ1) is 10.3. The van der Waals surface area contributed by atoms with Crippen LogP contribution in [0, 0.1) is 0 Å². The first kappa shape index (κ1) is 14.4. The quantitative estimate of drug-likeness (QED) is 0.943. The number of aliphatic hydroxyl groups is 1. The monoisotopic (exact) mass is 305 g/mol. The molecule has 1 aliphatic rings. The summed E-state index contributed by atoms with van der Waals surface area (Å²) >= 11 is 6.41. The normalized spacial score (nSPS) is 15.4. The molecule has 0 spiro atoms. The Kier molecular flexibility index (Phi) is 4.46. The highest BCUT2D eigenvalue weighted by molar-refractivity contribution is 6.32. The fourth-order valence-corrected chi connectivity index (χ4v) is 3.24. The molecule has 21 heavy (non-hydrogen) atoms. The molecule has 1 N–H and O–H groups in total. The molecule has 0 unspecified atom stereocenters. The number of benzene rings is 1. The molecule has 1 aliphatic heterocycles. The molecule has 2 heterocycles. The van der Waals surface area contributed by atoms with Crippen LogP contribution in [0.3, 0.4) is 0 Å². The SMILES string of the molecule is OCCn1c(-c2ccccc2)nc(Cl)c1N1CCCCC1. The van der Waals surface area contributed by atoms with Gasteiger partial charge in [-0.2, -0.15) is 0 Å². The summed E-state index contributed by atoms with van der Waals surface area (Å²) in [5.41, 5.74) is 1.02. The highest BCUT2D eigenvalue weighted by Crippen LogP contribution is 2.33. The second kappa shape index (κ2) is 6.50. The number of halogens is 1. The van der Waals surface area contributed by atoms with Crippen molar-refractivity contribution in [2.24, 2.45) is 0 Å². The Morgan fingerprint density at radius 3 is 2.48 bits per heavy atom. The minimum atomic E-state index is 0.0767. The zero-order valence-corrected chi connectivity index (χ0v) is 12.8. The molecule has 2 aromatic rings. The molecule has 0 atom stereocenters. The maximum absolute atomic E-state index is 9.41. The van der Waals surface area contributed by atoms with E-state index in [9.17, 15) is 5.11 Å². The molecule has 1 saturated heterocycles. The van der Waals surface area contributed by atoms with Gasteiger partial charge in [0.2, 0.25) is 0 Å². The summed E-state index contributed by atoms with van der Waals surface area (Å²) in [7, 11) is 0. The Hall–Kier alpha value is -1.52. The van der Waals surface area contributed by atoms with E-state index in [1.54, 1.807) is 0 Å². The van der Waals surface area contributed by atoms with Gasteiger partial charge >= 0.3 is 0 Å². The van der Waals surface area contributed by atoms with Gasteiger partial charge in [0.05, 0.1) is 6.61 Å². The van der Waals surface area contributed by atoms with Crippen LogP contribution in [-0.4, -0.2) is 34.4 Å². The summed E-state index contributed by atoms with van der Waals surface area (Å²) in [5.74, 6) is 1.78. The van der Waals surface area contributed by atoms with E-state index in [-0.39, 0.29) is 6.61 Å². The van der Waals surface area contributed by atoms with Gasteiger partial charge in [0.15, 0.2) is 5.15 Å². The van der Waals surface area contributed by atoms with Gasteiger partial charge in [-0.15, -0.1) is 0 Å². The third-order valence-electron chi connectivity index (χ3n) is 3.91. The summed E-state index contributed by atoms with van der Waals surface area (Å²) in [6, 6.07) is 10.00. The van der Waals surface area contributed by atoms with E-state index in [0.717, 1.165) is 30.3 Å². The lowest BCUT2D eigenvalue weighted by Gasteiger charge is -2.29. The largest absolute Gasteiger partial charge is 0.395 e. The second-order valence-electron chi connectivity index (χ2n) is 5.34. The average Bonchev–Trinajstić information content (AvgIpc) is 2.86. The molecule has 1 aromatic carbocycles. The van der Waals surface area contributed by atoms with Gasteiger partial charge in [-0.05, 0) is 19.3 Å². The zero-order valence-electron chi connectivity index (χ0n) is 12.0. The Bertz CT molecular complexity index is 591. The second-order valence-corrected chi connectivity index (χ2v) is 5.70. The van der Waals surface area contributed by atoms with Crippen LogP contribution in [0.25, 0.3) is 11.4 Å². The van der Waals surface area contributed by atoms with E-state index in [2.05, 4.69) is 9.88 Å². The van der Waals surface area contributed by atoms with Crippen molar-refractivity contribution in [1.82, 2.24) is 9.55 Å². The molecule has 0 radical (unpaired) electrons. The van der Waals surface area contributed by atoms with Crippen molar-refractivity contribution >= 4 is 17.4 Å². The number of aromatic nitrogens is 2. The minimum Gasteiger partial charge on any atom is -0.395 e. The van der Waals surface area contributed by atoms with Crippen molar-refractivity contribution < 1.29 is 5.11 Å². The number of piperidine rings is 1. The molecule has 0 saturated carbocycles. The third-order valence-corrected chi connectivity index (χ3v) is 4.16. The summed E-state index contributed by atoms with van der Waals surface area (Å²) < 4.78 is 2.04. The number of hydrogen-bond acceptors (Lipinski definition) is 3. The minimum absolute atomic E-state index is 0.0767. The number of anilines is 1. The molecule has 3 rings (SSSR count). The van der Waals surface area contributed by atoms with E-state index >= 15 is 0 Å². The van der Waals surface area contributed by atoms with Crippen LogP contribution in [-0.2, 0) is 6.54 Å². The van der Waals surface area contributed by atoms with Gasteiger partial charge in [0, 0.05) is 25.2 Å². The lowest BCUT2D eigenvalue weighted by Crippen LogP contribution is -2.31. The summed E-state index contributed by atoms with van der Waals surface area (Å²) in [6.07, 6.45) is 3.64. The van der Waals surface area contributed by atoms with Crippen molar-refractivity contribution in [2.75, 3.05) is 24.6 Å². The van der Waals surface area contributed by atoms with E-state index in [1.807, 2.05) is 34.9 Å². The van der Waals surface area contributed by atoms with Crippen LogP contribution in [0.5, 0.6) is 0 Å². The first-order valence-electron chi connectivity index (χ1n) is 7.48. The van der Waals surface area contributed by atoms with Crippen LogP contribution in [0.15, 0.2) is 30.3 Å². The van der Waals surface area contributed by atoms with Crippen LogP contribution in [0.4, 0.5) is 5.82 Å². The summed E-state index contributed by atoms with van der Waals surface area (Å²) in [6.45, 7) is 2.60. The van der Waals surface area contributed by atoms with Crippen molar-refractivity contribution in [3.8, 4) is 11.4 Å². The summed E-state index contributed by atoms with van der Waals surface area (Å²) in [5, 5.41) is 9.94. The first-order valence-corrected chi connectivity index (χ1v) is 7.86. The molecule has 5 heteroatoms. The van der Waals surface area contributed by atoms with Gasteiger partial charge in [-0.3, -0.25) is 0 Å². The Balaban J connectivity index is 2.05. The lowest BCUT2D eigenvalue weighted by molar-refractivity contribution is 0.276. The molecule has 1 fully saturated rings. The molecule has 1 aromatic heterocycles. The van der Waals surface area contributed by atoms with Gasteiger partial charge in [0.25, 0.3) is 0 Å². The fourth-order valence-electron chi connectivity index (χ4n) is 2.94. The van der Waals surface area contributed by atoms with Crippen LogP contribution in [0.2, 0.25) is 5.15 Å². The predicted octanol–water partition coefficient (Wildman–Crippen LogP) is 3.19. The topological polar surface area (TPSA) is 41.3 Å². The molecule has 0 aliphatic carbocycles. The van der Waals surface area contributed by atoms with E-state index in [1.165, 1.54) is 19.3 Å². The van der Waals surface area contributed by atoms with Gasteiger partial charge in [-0.1, -0.05) is 41.9 Å². The number of imidazole rings is 1. The molecule has 112 valence electrons. The highest BCUT2D eigenvalue weighted by Gasteiger charge is 2.23. The van der Waals surface area contributed by atoms with Gasteiger partial charge in [-0.25, -0.2) is 4.98 Å². The van der Waals surface area contributed by atoms with Gasteiger partial charge < -0.3 is 14.6 Å². The standard InChI is InChI=1S/C16H20ClN3O/c17-14-16(19-9-5-2-6-10-19)20(11-12-21)15(18-14)13-7-3-1-4-8-13/h1,3-4,7-8,21H,2,5-6,9-12H2. The highest BCUT2D eigenvalue weighted by atomic mass is 35.5. The number of aliphatic hydroxyl groups excluding tert-OH is 1. The van der Waals surface area contributed by atoms with E-state index < -0.39 is 0 Å². The lowest BCUT2D eigenvalue weighted by atomic mass is 10.1. The van der Waals surface area contributed by atoms with Crippen molar-refractivity contribution in [2.45, 2.75) is 25.8 Å². The van der Waals surface area contributed by atoms with Crippen LogP contribution >= 0.6 is 11.6 Å². The molecule has 4 nitrogen and oxygen atoms in total. The van der Waals surface area contributed by atoms with Gasteiger partial charge in [0.1, 0.15) is 11.6 Å². The summed E-state index contributed by atoms with van der Waals surface area (Å²) in [4.78, 5) is 6.84. The van der Waals surface area contributed by atoms with Crippen molar-refractivity contribution in [3.05, 3.63) is 35.5 Å².